The number of rotatable bonds is 4. The fraction of sp³-hybridized carbons (Fsp3) is 0.167. The molecule has 0 bridgehead atoms. The second-order valence-corrected chi connectivity index (χ2v) is 6.32. The van der Waals surface area contributed by atoms with Crippen molar-refractivity contribution in [3.05, 3.63) is 69.2 Å². The number of benzene rings is 2. The first kappa shape index (κ1) is 17.5. The summed E-state index contributed by atoms with van der Waals surface area (Å²) in [5.74, 6) is -1.74. The summed E-state index contributed by atoms with van der Waals surface area (Å²) in [4.78, 5) is 38.0. The van der Waals surface area contributed by atoms with Gasteiger partial charge in [0.15, 0.2) is 0 Å². The van der Waals surface area contributed by atoms with Gasteiger partial charge in [-0.25, -0.2) is 4.79 Å². The van der Waals surface area contributed by atoms with Crippen LogP contribution in [0.3, 0.4) is 0 Å². The first-order valence-corrected chi connectivity index (χ1v) is 8.24. The monoisotopic (exact) mass is 377 g/mol. The first-order valence-electron chi connectivity index (χ1n) is 7.48. The van der Waals surface area contributed by atoms with Gasteiger partial charge in [-0.15, -0.1) is 0 Å². The molecule has 25 heavy (non-hydrogen) atoms. The average Bonchev–Trinajstić information content (AvgIpc) is 2.85. The molecule has 0 saturated carbocycles. The molecule has 0 spiro atoms. The summed E-state index contributed by atoms with van der Waals surface area (Å²) in [6, 6.07) is 10.3. The van der Waals surface area contributed by atoms with Gasteiger partial charge in [-0.3, -0.25) is 14.5 Å². The molecule has 1 heterocycles. The Morgan fingerprint density at radius 3 is 2.04 bits per heavy atom. The van der Waals surface area contributed by atoms with Crippen LogP contribution in [-0.2, 0) is 16.1 Å². The summed E-state index contributed by atoms with van der Waals surface area (Å²) >= 11 is 12.1. The largest absolute Gasteiger partial charge is 0.459 e. The van der Waals surface area contributed by atoms with Crippen molar-refractivity contribution in [3.63, 3.8) is 0 Å². The van der Waals surface area contributed by atoms with Crippen LogP contribution < -0.4 is 0 Å². The highest BCUT2D eigenvalue weighted by Gasteiger charge is 2.41. The van der Waals surface area contributed by atoms with Gasteiger partial charge in [-0.2, -0.15) is 0 Å². The second kappa shape index (κ2) is 6.86. The van der Waals surface area contributed by atoms with Crippen LogP contribution in [0.4, 0.5) is 0 Å². The van der Waals surface area contributed by atoms with E-state index in [0.717, 1.165) is 4.90 Å². The predicted molar refractivity (Wildman–Crippen MR) is 92.7 cm³/mol. The first-order chi connectivity index (χ1) is 11.9. The molecule has 1 atom stereocenters. The van der Waals surface area contributed by atoms with Gasteiger partial charge in [0, 0.05) is 15.6 Å². The van der Waals surface area contributed by atoms with E-state index in [2.05, 4.69) is 0 Å². The van der Waals surface area contributed by atoms with Gasteiger partial charge >= 0.3 is 5.97 Å². The molecule has 0 aromatic heterocycles. The van der Waals surface area contributed by atoms with Crippen LogP contribution in [0, 0.1) is 0 Å². The van der Waals surface area contributed by atoms with Crippen LogP contribution in [0.15, 0.2) is 42.5 Å². The number of ether oxygens (including phenoxy) is 1. The third-order valence-corrected chi connectivity index (χ3v) is 4.68. The summed E-state index contributed by atoms with van der Waals surface area (Å²) in [6.07, 6.45) is 0. The number of hydrogen-bond acceptors (Lipinski definition) is 4. The van der Waals surface area contributed by atoms with Crippen molar-refractivity contribution < 1.29 is 19.1 Å². The number of nitrogens with zero attached hydrogens (tertiary/aromatic N) is 1. The topological polar surface area (TPSA) is 63.7 Å². The zero-order valence-corrected chi connectivity index (χ0v) is 14.7. The highest BCUT2D eigenvalue weighted by molar-refractivity contribution is 6.36. The number of fused-ring (bicyclic) bond motifs is 1. The summed E-state index contributed by atoms with van der Waals surface area (Å²) in [5.41, 5.74) is 1.02. The van der Waals surface area contributed by atoms with E-state index < -0.39 is 23.8 Å². The molecular weight excluding hydrogens is 365 g/mol. The van der Waals surface area contributed by atoms with E-state index in [1.54, 1.807) is 42.5 Å². The Bertz CT molecular complexity index is 826. The molecule has 0 radical (unpaired) electrons. The molecule has 2 amide bonds. The molecule has 0 aliphatic carbocycles. The van der Waals surface area contributed by atoms with Gasteiger partial charge in [0.1, 0.15) is 12.6 Å². The Morgan fingerprint density at radius 2 is 1.52 bits per heavy atom. The van der Waals surface area contributed by atoms with Crippen molar-refractivity contribution in [2.45, 2.75) is 19.6 Å². The smallest absolute Gasteiger partial charge is 0.329 e. The molecule has 1 aliphatic rings. The van der Waals surface area contributed by atoms with Gasteiger partial charge in [-0.05, 0) is 31.2 Å². The highest BCUT2D eigenvalue weighted by atomic mass is 35.5. The third-order valence-electron chi connectivity index (χ3n) is 3.97. The van der Waals surface area contributed by atoms with Crippen molar-refractivity contribution in [1.29, 1.82) is 0 Å². The van der Waals surface area contributed by atoms with Crippen molar-refractivity contribution in [3.8, 4) is 0 Å². The van der Waals surface area contributed by atoms with E-state index in [1.165, 1.54) is 6.92 Å². The molecule has 2 aromatic rings. The van der Waals surface area contributed by atoms with Crippen LogP contribution in [0.2, 0.25) is 10.0 Å². The SMILES string of the molecule is C[C@@H](C(=O)OCc1c(Cl)cccc1Cl)N1C(=O)c2ccccc2C1=O. The quantitative estimate of drug-likeness (QED) is 0.601. The lowest BCUT2D eigenvalue weighted by Gasteiger charge is -2.21. The molecular formula is C18H13Cl2NO4. The highest BCUT2D eigenvalue weighted by Crippen LogP contribution is 2.27. The normalized spacial score (nSPS) is 14.4. The van der Waals surface area contributed by atoms with Crippen LogP contribution in [-0.4, -0.2) is 28.7 Å². The molecule has 2 aromatic carbocycles. The standard InChI is InChI=1S/C18H13Cl2NO4/c1-10(18(24)25-9-13-14(19)7-4-8-15(13)20)21-16(22)11-5-2-3-6-12(11)17(21)23/h2-8,10H,9H2,1H3/t10-/m0/s1. The minimum atomic E-state index is -1.06. The Balaban J connectivity index is 1.74. The zero-order chi connectivity index (χ0) is 18.1. The van der Waals surface area contributed by atoms with E-state index >= 15 is 0 Å². The van der Waals surface area contributed by atoms with Gasteiger partial charge < -0.3 is 4.74 Å². The van der Waals surface area contributed by atoms with E-state index in [-0.39, 0.29) is 17.7 Å². The van der Waals surface area contributed by atoms with Crippen LogP contribution in [0.1, 0.15) is 33.2 Å². The minimum Gasteiger partial charge on any atom is -0.459 e. The molecule has 1 aliphatic heterocycles. The summed E-state index contributed by atoms with van der Waals surface area (Å²) in [7, 11) is 0. The Hall–Kier alpha value is -2.37. The van der Waals surface area contributed by atoms with E-state index in [9.17, 15) is 14.4 Å². The van der Waals surface area contributed by atoms with Crippen molar-refractivity contribution in [1.82, 2.24) is 4.90 Å². The van der Waals surface area contributed by atoms with Gasteiger partial charge in [0.05, 0.1) is 11.1 Å². The average molecular weight is 378 g/mol. The number of carbonyl (C=O) groups excluding carboxylic acids is 3. The van der Waals surface area contributed by atoms with Gasteiger partial charge in [0.2, 0.25) is 0 Å². The molecule has 7 heteroatoms. The minimum absolute atomic E-state index is 0.148. The summed E-state index contributed by atoms with van der Waals surface area (Å²) < 4.78 is 5.21. The number of imide groups is 1. The number of amides is 2. The third kappa shape index (κ3) is 3.13. The maximum Gasteiger partial charge on any atom is 0.329 e. The predicted octanol–water partition coefficient (Wildman–Crippen LogP) is 3.72. The number of esters is 1. The Kier molecular flexibility index (Phi) is 4.79. The number of hydrogen-bond donors (Lipinski definition) is 0. The summed E-state index contributed by atoms with van der Waals surface area (Å²) in [5, 5.41) is 0.738. The van der Waals surface area contributed by atoms with Crippen molar-refractivity contribution >= 4 is 41.0 Å². The lowest BCUT2D eigenvalue weighted by molar-refractivity contribution is -0.149. The van der Waals surface area contributed by atoms with Crippen molar-refractivity contribution in [2.75, 3.05) is 0 Å². The van der Waals surface area contributed by atoms with Gasteiger partial charge in [-0.1, -0.05) is 41.4 Å². The lowest BCUT2D eigenvalue weighted by atomic mass is 10.1. The van der Waals surface area contributed by atoms with Crippen molar-refractivity contribution in [2.24, 2.45) is 0 Å². The number of carbonyl (C=O) groups is 3. The van der Waals surface area contributed by atoms with E-state index in [0.29, 0.717) is 15.6 Å². The second-order valence-electron chi connectivity index (χ2n) is 5.51. The maximum absolute atomic E-state index is 12.4. The van der Waals surface area contributed by atoms with Crippen LogP contribution >= 0.6 is 23.2 Å². The fourth-order valence-corrected chi connectivity index (χ4v) is 3.11. The summed E-state index contributed by atoms with van der Waals surface area (Å²) in [6.45, 7) is 1.29. The van der Waals surface area contributed by atoms with Gasteiger partial charge in [0.25, 0.3) is 11.8 Å². The maximum atomic E-state index is 12.4. The Labute approximate surface area is 154 Å². The zero-order valence-electron chi connectivity index (χ0n) is 13.2. The van der Waals surface area contributed by atoms with Crippen LogP contribution in [0.25, 0.3) is 0 Å². The van der Waals surface area contributed by atoms with E-state index in [1.807, 2.05) is 0 Å². The molecule has 5 nitrogen and oxygen atoms in total. The molecule has 0 unspecified atom stereocenters. The molecule has 0 fully saturated rings. The molecule has 3 rings (SSSR count). The molecule has 0 N–H and O–H groups in total. The lowest BCUT2D eigenvalue weighted by Crippen LogP contribution is -2.43. The molecule has 0 saturated heterocycles. The fourth-order valence-electron chi connectivity index (χ4n) is 2.60. The van der Waals surface area contributed by atoms with E-state index in [4.69, 9.17) is 27.9 Å². The Morgan fingerprint density at radius 1 is 1.00 bits per heavy atom. The number of halogens is 2. The molecule has 128 valence electrons. The van der Waals surface area contributed by atoms with Crippen LogP contribution in [0.5, 0.6) is 0 Å².